The zero-order valence-corrected chi connectivity index (χ0v) is 79.9. The summed E-state index contributed by atoms with van der Waals surface area (Å²) in [5, 5.41) is 155. The van der Waals surface area contributed by atoms with Crippen LogP contribution in [0.1, 0.15) is 119 Å². The second-order valence-corrected chi connectivity index (χ2v) is 39.6. The number of hydrogen-bond donors (Lipinski definition) is 20. The number of para-hydroxylation sites is 1. The zero-order chi connectivity index (χ0) is 95.0. The molecule has 8 aliphatic heterocycles. The molecule has 20 N–H and O–H groups in total. The van der Waals surface area contributed by atoms with E-state index < -0.39 is 175 Å². The predicted octanol–water partition coefficient (Wildman–Crippen LogP) is 2.26. The molecule has 40 heteroatoms. The van der Waals surface area contributed by atoms with E-state index in [9.17, 15) is 98.7 Å². The summed E-state index contributed by atoms with van der Waals surface area (Å²) >= 11 is 4.81. The summed E-state index contributed by atoms with van der Waals surface area (Å²) in [5.74, 6) is 0.975. The topological polar surface area (TPSA) is 478 Å². The Bertz CT molecular complexity index is 3800. The molecular weight excluding hydrogens is 1760 g/mol. The molecule has 8 saturated heterocycles. The van der Waals surface area contributed by atoms with Crippen molar-refractivity contribution in [3.8, 4) is 11.1 Å². The molecular formula is C89H147F3N12O21S4. The first kappa shape index (κ1) is 110. The molecule has 34 atom stereocenters. The number of likely N-dealkylation sites (tertiary alicyclic amines) is 4. The fourth-order valence-corrected chi connectivity index (χ4v) is 21.7. The van der Waals surface area contributed by atoms with Crippen LogP contribution in [0.4, 0.5) is 24.5 Å². The molecule has 4 amide bonds. The standard InChI is InChI=1S/C28H40N4O5S.C24H39N3O5S.C20H36F3N3O5S.C17H32N2O6S/c1-4-6-17-13-22(32(2)16-17)27(36)31-21(26-24(34)23(33)25(35)28(37-26)38-3)15-30-20-10-8-18(9-11-20)19-7-5-12-29-14-19;1-5-9-15-12-17(27(3)13-15)23(31)26-18(14(2)25-16-10-7-6-8-11-16)22-20(29)19(28)21(30)24(32-22)33-4;1-5-6-11-7-12(26(3)8-11)18(30)25-13(10(2)24-9-20(21,22)23)17-15(28)14(27)16(29)19(31-17)32-4;1-4-5-9-6-11(19(2)7-9)16(24)18-10(8-20)15-13(22)12(21)14(23)17(25-15)26-3/h5,7-12,14,17,21-26,28,30,33-35H,4,6,13,15-16H2,1-3H3,(H,31,36);6-8,10-11,14-15,17-22,24-25,28-30H,5,9,12-13H2,1-4H3,(H,26,31);10-17,19,24,27-29H,5-9H2,1-4H3,(H,25,30);9-15,17,20-23H,4-8H2,1-3H3,(H,18,24)/t17-,21-,22+,23-,24?,25-,26-,28?;14?,15-,17+,18-,19-,20?,21-,22-,24?;10-,11+,12-,13+,14+,15?,16+,17+,19?;9-,10-,11+,12-,13?,14-,15-,17?/m1101/s1. The lowest BCUT2D eigenvalue weighted by Crippen LogP contribution is -2.67. The van der Waals surface area contributed by atoms with Gasteiger partial charge in [-0.25, -0.2) is 0 Å². The highest BCUT2D eigenvalue weighted by molar-refractivity contribution is 7.99. The molecule has 9 heterocycles. The van der Waals surface area contributed by atoms with E-state index in [4.69, 9.17) is 18.9 Å². The second kappa shape index (κ2) is 52.6. The van der Waals surface area contributed by atoms with Gasteiger partial charge in [0.05, 0.1) is 61.5 Å². The molecule has 1 aromatic heterocycles. The van der Waals surface area contributed by atoms with Gasteiger partial charge < -0.3 is 123 Å². The molecule has 0 radical (unpaired) electrons. The fourth-order valence-electron chi connectivity index (χ4n) is 19.0. The van der Waals surface area contributed by atoms with Crippen LogP contribution in [-0.2, 0) is 38.1 Å². The van der Waals surface area contributed by atoms with Crippen LogP contribution in [0.3, 0.4) is 0 Å². The van der Waals surface area contributed by atoms with E-state index >= 15 is 0 Å². The Kier molecular flexibility index (Phi) is 44.8. The molecule has 8 fully saturated rings. The quantitative estimate of drug-likeness (QED) is 0.0401. The average Bonchev–Trinajstić information content (AvgIpc) is 1.45. The smallest absolute Gasteiger partial charge is 0.394 e. The van der Waals surface area contributed by atoms with Gasteiger partial charge in [0.1, 0.15) is 119 Å². The lowest BCUT2D eigenvalue weighted by molar-refractivity contribution is -0.207. The number of carbonyl (C=O) groups excluding carboxylic acids is 4. The minimum absolute atomic E-state index is 0.111. The number of aromatic nitrogens is 1. The molecule has 0 bridgehead atoms. The Balaban J connectivity index is 0.000000214. The van der Waals surface area contributed by atoms with Crippen molar-refractivity contribution in [1.29, 1.82) is 0 Å². The number of halogens is 3. The molecule has 734 valence electrons. The Hall–Kier alpha value is -4.62. The van der Waals surface area contributed by atoms with E-state index in [2.05, 4.69) is 79.7 Å². The number of aliphatic hydroxyl groups excluding tert-OH is 13. The van der Waals surface area contributed by atoms with Gasteiger partial charge in [0, 0.05) is 68.6 Å². The number of pyridine rings is 1. The van der Waals surface area contributed by atoms with Crippen LogP contribution in [0, 0.1) is 23.7 Å². The minimum atomic E-state index is -4.47. The monoisotopic (exact) mass is 1900 g/mol. The van der Waals surface area contributed by atoms with Crippen molar-refractivity contribution in [3.63, 3.8) is 0 Å². The highest BCUT2D eigenvalue weighted by Crippen LogP contribution is 2.38. The van der Waals surface area contributed by atoms with Crippen molar-refractivity contribution in [3.05, 3.63) is 79.1 Å². The van der Waals surface area contributed by atoms with E-state index in [1.54, 1.807) is 31.2 Å². The maximum Gasteiger partial charge on any atom is 0.401 e. The minimum Gasteiger partial charge on any atom is -0.394 e. The first-order chi connectivity index (χ1) is 61.3. The van der Waals surface area contributed by atoms with Crippen LogP contribution < -0.4 is 37.2 Å². The predicted molar refractivity (Wildman–Crippen MR) is 495 cm³/mol. The van der Waals surface area contributed by atoms with Crippen LogP contribution in [0.25, 0.3) is 11.1 Å². The number of aliphatic hydroxyl groups is 13. The van der Waals surface area contributed by atoms with Gasteiger partial charge in [-0.15, -0.1) is 47.0 Å². The van der Waals surface area contributed by atoms with Crippen molar-refractivity contribution in [2.45, 2.75) is 305 Å². The van der Waals surface area contributed by atoms with E-state index in [-0.39, 0.29) is 54.3 Å². The number of benzene rings is 2. The highest BCUT2D eigenvalue weighted by Gasteiger charge is 2.54. The van der Waals surface area contributed by atoms with E-state index in [0.717, 1.165) is 131 Å². The first-order valence-corrected chi connectivity index (χ1v) is 50.4. The molecule has 129 heavy (non-hydrogen) atoms. The number of rotatable bonds is 35. The van der Waals surface area contributed by atoms with Gasteiger partial charge in [0.2, 0.25) is 23.6 Å². The lowest BCUT2D eigenvalue weighted by Gasteiger charge is -2.45. The van der Waals surface area contributed by atoms with Gasteiger partial charge in [0.15, 0.2) is 0 Å². The summed E-state index contributed by atoms with van der Waals surface area (Å²) in [4.78, 5) is 64.9. The summed E-state index contributed by atoms with van der Waals surface area (Å²) in [6.07, 6.45) is -3.08. The van der Waals surface area contributed by atoms with E-state index in [0.29, 0.717) is 30.1 Å². The Labute approximate surface area is 774 Å². The van der Waals surface area contributed by atoms with E-state index in [1.165, 1.54) is 42.2 Å². The Morgan fingerprint density at radius 2 is 0.775 bits per heavy atom. The number of hydrogen-bond acceptors (Lipinski definition) is 33. The third kappa shape index (κ3) is 29.9. The Morgan fingerprint density at radius 3 is 1.12 bits per heavy atom. The molecule has 33 nitrogen and oxygen atoms in total. The number of amides is 4. The first-order valence-electron chi connectivity index (χ1n) is 45.2. The molecule has 8 aliphatic rings. The summed E-state index contributed by atoms with van der Waals surface area (Å²) in [5.41, 5.74) is 0.677. The number of alkyl halides is 3. The maximum atomic E-state index is 13.4. The lowest BCUT2D eigenvalue weighted by atomic mass is 9.90. The van der Waals surface area contributed by atoms with Gasteiger partial charge in [-0.3, -0.25) is 43.8 Å². The number of nitrogens with zero attached hydrogens (tertiary/aromatic N) is 5. The number of thioether (sulfide) groups is 4. The van der Waals surface area contributed by atoms with Gasteiger partial charge in [-0.1, -0.05) is 89.8 Å². The Morgan fingerprint density at radius 1 is 0.434 bits per heavy atom. The number of ether oxygens (including phenoxy) is 4. The van der Waals surface area contributed by atoms with Gasteiger partial charge in [-0.05, 0) is 184 Å². The van der Waals surface area contributed by atoms with Crippen molar-refractivity contribution in [2.75, 3.05) is 110 Å². The largest absolute Gasteiger partial charge is 0.401 e. The number of likely N-dealkylation sites (N-methyl/N-ethyl adjacent to an activating group) is 4. The normalized spacial score (nSPS) is 34.8. The summed E-state index contributed by atoms with van der Waals surface area (Å²) < 4.78 is 61.8. The van der Waals surface area contributed by atoms with Crippen LogP contribution in [0.5, 0.6) is 0 Å². The molecule has 0 spiro atoms. The molecule has 11 rings (SSSR count). The summed E-state index contributed by atoms with van der Waals surface area (Å²) in [6.45, 7) is 13.8. The maximum absolute atomic E-state index is 13.4. The molecule has 2 aromatic carbocycles. The second-order valence-electron chi connectivity index (χ2n) is 35.9. The van der Waals surface area contributed by atoms with Gasteiger partial charge in [-0.2, -0.15) is 13.2 Å². The number of carbonyl (C=O) groups is 4. The van der Waals surface area contributed by atoms with Crippen LogP contribution in [0.2, 0.25) is 0 Å². The third-order valence-corrected chi connectivity index (χ3v) is 29.6. The summed E-state index contributed by atoms with van der Waals surface area (Å²) in [7, 11) is 7.67. The van der Waals surface area contributed by atoms with Gasteiger partial charge in [0.25, 0.3) is 0 Å². The SMILES string of the molecule is CCC[C@@H]1C[C@@H](C(=O)N[C@H](C(C)Nc2ccccc2)[C@H]2OC(SC)[C@H](O)[C@H](O)C2O)N(C)C1.CCC[C@@H]1C[C@@H](C(=O)N[C@H](CNc2ccc(-c3cccnc3)cc2)[C@H]2OC(SC)[C@H](O)[C@H](O)C2O)N(C)C1.CCC[C@@H]1C[C@@H](C(=O)N[C@H](CO)[C@H]2OC(SC)[C@H](O)[C@H](O)C2O)N(C)C1.CCC[C@@H]1C[C@@H](C(=O)N[C@H]([C@H](C)NCC(F)(F)F)[C@H]2OC(SC)[C@H](O)[C@H](O)C2O)N(C)C1. The fraction of sp³-hybridized carbons (Fsp3) is 0.764. The van der Waals surface area contributed by atoms with Crippen molar-refractivity contribution >= 4 is 82.1 Å². The van der Waals surface area contributed by atoms with E-state index in [1.807, 2.05) is 118 Å². The number of nitrogens with one attached hydrogen (secondary N) is 7. The molecule has 0 saturated carbocycles. The third-order valence-electron chi connectivity index (χ3n) is 26.1. The van der Waals surface area contributed by atoms with Crippen LogP contribution >= 0.6 is 47.0 Å². The summed E-state index contributed by atoms with van der Waals surface area (Å²) in [6, 6.07) is 15.6. The molecule has 9 unspecified atom stereocenters. The van der Waals surface area contributed by atoms with Crippen LogP contribution in [0.15, 0.2) is 79.1 Å². The van der Waals surface area contributed by atoms with Gasteiger partial charge >= 0.3 is 6.18 Å². The average molecular weight is 1910 g/mol. The van der Waals surface area contributed by atoms with Crippen molar-refractivity contribution < 1.29 is 118 Å². The zero-order valence-electron chi connectivity index (χ0n) is 76.7. The van der Waals surface area contributed by atoms with Crippen molar-refractivity contribution in [2.24, 2.45) is 23.7 Å². The number of anilines is 2. The molecule has 0 aliphatic carbocycles. The highest BCUT2D eigenvalue weighted by atomic mass is 32.2. The van der Waals surface area contributed by atoms with Crippen molar-refractivity contribution in [1.82, 2.24) is 51.2 Å². The molecule has 3 aromatic rings. The van der Waals surface area contributed by atoms with Crippen LogP contribution in [-0.4, -0.2) is 400 Å².